The Hall–Kier alpha value is -1.88. The van der Waals surface area contributed by atoms with Crippen molar-refractivity contribution in [2.75, 3.05) is 19.6 Å². The van der Waals surface area contributed by atoms with Crippen molar-refractivity contribution in [1.82, 2.24) is 16.0 Å². The van der Waals surface area contributed by atoms with Gasteiger partial charge in [0, 0.05) is 24.6 Å². The quantitative estimate of drug-likeness (QED) is 0.702. The van der Waals surface area contributed by atoms with Gasteiger partial charge < -0.3 is 16.0 Å². The summed E-state index contributed by atoms with van der Waals surface area (Å²) in [7, 11) is 0. The molecule has 1 saturated carbocycles. The Kier molecular flexibility index (Phi) is 7.06. The van der Waals surface area contributed by atoms with E-state index in [4.69, 9.17) is 0 Å². The van der Waals surface area contributed by atoms with Crippen LogP contribution in [0.15, 0.2) is 24.3 Å². The number of hydrogen-bond acceptors (Lipinski definition) is 3. The zero-order valence-electron chi connectivity index (χ0n) is 15.6. The smallest absolute Gasteiger partial charge is 0.251 e. The topological polar surface area (TPSA) is 70.2 Å². The Bertz CT molecular complexity index is 588. The van der Waals surface area contributed by atoms with Gasteiger partial charge in [-0.1, -0.05) is 25.0 Å². The van der Waals surface area contributed by atoms with Gasteiger partial charge in [0.1, 0.15) is 0 Å². The van der Waals surface area contributed by atoms with Gasteiger partial charge in [-0.2, -0.15) is 0 Å². The Labute approximate surface area is 156 Å². The molecule has 5 heteroatoms. The molecule has 3 N–H and O–H groups in total. The van der Waals surface area contributed by atoms with Gasteiger partial charge in [-0.25, -0.2) is 0 Å². The highest BCUT2D eigenvalue weighted by Gasteiger charge is 2.22. The van der Waals surface area contributed by atoms with Crippen LogP contribution in [0.1, 0.15) is 60.9 Å². The van der Waals surface area contributed by atoms with E-state index in [-0.39, 0.29) is 17.7 Å². The Balaban J connectivity index is 1.38. The predicted molar refractivity (Wildman–Crippen MR) is 103 cm³/mol. The van der Waals surface area contributed by atoms with Crippen LogP contribution in [-0.2, 0) is 11.3 Å². The lowest BCUT2D eigenvalue weighted by molar-refractivity contribution is -0.124. The van der Waals surface area contributed by atoms with E-state index in [9.17, 15) is 9.59 Å². The Morgan fingerprint density at radius 3 is 2.46 bits per heavy atom. The van der Waals surface area contributed by atoms with Crippen LogP contribution in [0.25, 0.3) is 0 Å². The standard InChI is InChI=1S/C21H31N3O2/c25-20(23-13-11-16-4-3-12-22-14-16)19-9-7-17(8-10-19)15-24-21(26)18-5-1-2-6-18/h7-10,16,18,22H,1-6,11-15H2,(H,23,25)(H,24,26). The van der Waals surface area contributed by atoms with Crippen LogP contribution in [0.2, 0.25) is 0 Å². The van der Waals surface area contributed by atoms with E-state index < -0.39 is 0 Å². The molecule has 1 saturated heterocycles. The third-order valence-electron chi connectivity index (χ3n) is 5.65. The molecule has 26 heavy (non-hydrogen) atoms. The molecule has 5 nitrogen and oxygen atoms in total. The maximum atomic E-state index is 12.2. The molecular weight excluding hydrogens is 326 g/mol. The first-order valence-electron chi connectivity index (χ1n) is 10.1. The number of amides is 2. The Morgan fingerprint density at radius 1 is 1.00 bits per heavy atom. The van der Waals surface area contributed by atoms with Crippen molar-refractivity contribution in [2.24, 2.45) is 11.8 Å². The van der Waals surface area contributed by atoms with Gasteiger partial charge in [-0.05, 0) is 68.8 Å². The van der Waals surface area contributed by atoms with E-state index >= 15 is 0 Å². The normalized spacial score (nSPS) is 20.7. The van der Waals surface area contributed by atoms with Crippen molar-refractivity contribution in [3.05, 3.63) is 35.4 Å². The van der Waals surface area contributed by atoms with E-state index in [1.165, 1.54) is 25.7 Å². The van der Waals surface area contributed by atoms with Crippen LogP contribution in [0, 0.1) is 11.8 Å². The summed E-state index contributed by atoms with van der Waals surface area (Å²) in [6.45, 7) is 3.45. The van der Waals surface area contributed by atoms with Crippen LogP contribution < -0.4 is 16.0 Å². The molecule has 0 bridgehead atoms. The summed E-state index contributed by atoms with van der Waals surface area (Å²) in [5.74, 6) is 1.02. The number of carbonyl (C=O) groups is 2. The van der Waals surface area contributed by atoms with E-state index in [1.54, 1.807) is 0 Å². The predicted octanol–water partition coefficient (Wildman–Crippen LogP) is 2.61. The summed E-state index contributed by atoms with van der Waals surface area (Å²) in [6, 6.07) is 7.53. The molecule has 3 rings (SSSR count). The minimum atomic E-state index is -0.0182. The van der Waals surface area contributed by atoms with Crippen molar-refractivity contribution >= 4 is 11.8 Å². The van der Waals surface area contributed by atoms with Crippen LogP contribution in [0.4, 0.5) is 0 Å². The largest absolute Gasteiger partial charge is 0.352 e. The van der Waals surface area contributed by atoms with Crippen molar-refractivity contribution < 1.29 is 9.59 Å². The molecular formula is C21H31N3O2. The van der Waals surface area contributed by atoms with E-state index in [1.807, 2.05) is 24.3 Å². The number of hydrogen-bond donors (Lipinski definition) is 3. The molecule has 2 fully saturated rings. The molecule has 1 heterocycles. The summed E-state index contributed by atoms with van der Waals surface area (Å²) < 4.78 is 0. The average molecular weight is 357 g/mol. The molecule has 0 aromatic heterocycles. The molecule has 0 spiro atoms. The molecule has 1 aromatic carbocycles. The zero-order chi connectivity index (χ0) is 18.2. The SMILES string of the molecule is O=C(NCCC1CCCNC1)c1ccc(CNC(=O)C2CCCC2)cc1. The number of carbonyl (C=O) groups excluding carboxylic acids is 2. The van der Waals surface area contributed by atoms with Gasteiger partial charge in [0.25, 0.3) is 5.91 Å². The molecule has 1 aliphatic carbocycles. The number of piperidine rings is 1. The highest BCUT2D eigenvalue weighted by Crippen LogP contribution is 2.24. The monoisotopic (exact) mass is 357 g/mol. The maximum Gasteiger partial charge on any atom is 0.251 e. The molecule has 1 aromatic rings. The summed E-state index contributed by atoms with van der Waals surface area (Å²) in [6.07, 6.45) is 7.88. The minimum absolute atomic E-state index is 0.0182. The maximum absolute atomic E-state index is 12.2. The van der Waals surface area contributed by atoms with Gasteiger partial charge >= 0.3 is 0 Å². The lowest BCUT2D eigenvalue weighted by Gasteiger charge is -2.22. The summed E-state index contributed by atoms with van der Waals surface area (Å²) >= 11 is 0. The summed E-state index contributed by atoms with van der Waals surface area (Å²) in [4.78, 5) is 24.3. The molecule has 2 aliphatic rings. The van der Waals surface area contributed by atoms with Crippen LogP contribution in [-0.4, -0.2) is 31.4 Å². The highest BCUT2D eigenvalue weighted by atomic mass is 16.2. The fourth-order valence-electron chi connectivity index (χ4n) is 3.96. The fraction of sp³-hybridized carbons (Fsp3) is 0.619. The lowest BCUT2D eigenvalue weighted by atomic mass is 9.96. The van der Waals surface area contributed by atoms with E-state index in [0.29, 0.717) is 18.0 Å². The van der Waals surface area contributed by atoms with Gasteiger partial charge in [0.2, 0.25) is 5.91 Å². The second-order valence-electron chi connectivity index (χ2n) is 7.65. The van der Waals surface area contributed by atoms with Crippen molar-refractivity contribution in [1.29, 1.82) is 0 Å². The first-order chi connectivity index (χ1) is 12.7. The first-order valence-corrected chi connectivity index (χ1v) is 10.1. The molecule has 0 radical (unpaired) electrons. The summed E-state index contributed by atoms with van der Waals surface area (Å²) in [5, 5.41) is 9.44. The van der Waals surface area contributed by atoms with Crippen LogP contribution in [0.5, 0.6) is 0 Å². The third-order valence-corrected chi connectivity index (χ3v) is 5.65. The van der Waals surface area contributed by atoms with E-state index in [0.717, 1.165) is 44.5 Å². The molecule has 1 atom stereocenters. The van der Waals surface area contributed by atoms with Gasteiger partial charge in [-0.15, -0.1) is 0 Å². The van der Waals surface area contributed by atoms with Crippen molar-refractivity contribution in [3.8, 4) is 0 Å². The summed E-state index contributed by atoms with van der Waals surface area (Å²) in [5.41, 5.74) is 1.71. The Morgan fingerprint density at radius 2 is 1.77 bits per heavy atom. The zero-order valence-corrected chi connectivity index (χ0v) is 15.6. The number of benzene rings is 1. The number of rotatable bonds is 7. The molecule has 1 unspecified atom stereocenters. The number of nitrogens with one attached hydrogen (secondary N) is 3. The minimum Gasteiger partial charge on any atom is -0.352 e. The van der Waals surface area contributed by atoms with Gasteiger partial charge in [-0.3, -0.25) is 9.59 Å². The van der Waals surface area contributed by atoms with E-state index in [2.05, 4.69) is 16.0 Å². The fourth-order valence-corrected chi connectivity index (χ4v) is 3.96. The molecule has 1 aliphatic heterocycles. The third kappa shape index (κ3) is 5.56. The molecule has 142 valence electrons. The lowest BCUT2D eigenvalue weighted by Crippen LogP contribution is -2.33. The average Bonchev–Trinajstić information content (AvgIpc) is 3.22. The van der Waals surface area contributed by atoms with Crippen LogP contribution in [0.3, 0.4) is 0 Å². The van der Waals surface area contributed by atoms with Gasteiger partial charge in [0.05, 0.1) is 0 Å². The first kappa shape index (κ1) is 18.9. The van der Waals surface area contributed by atoms with Crippen molar-refractivity contribution in [2.45, 2.75) is 51.5 Å². The van der Waals surface area contributed by atoms with Gasteiger partial charge in [0.15, 0.2) is 0 Å². The van der Waals surface area contributed by atoms with Crippen LogP contribution >= 0.6 is 0 Å². The second kappa shape index (κ2) is 9.72. The second-order valence-corrected chi connectivity index (χ2v) is 7.65. The molecule has 2 amide bonds. The highest BCUT2D eigenvalue weighted by molar-refractivity contribution is 5.94. The van der Waals surface area contributed by atoms with Crippen molar-refractivity contribution in [3.63, 3.8) is 0 Å².